The van der Waals surface area contributed by atoms with Gasteiger partial charge in [0, 0.05) is 32.7 Å². The zero-order valence-electron chi connectivity index (χ0n) is 11.0. The van der Waals surface area contributed by atoms with E-state index in [1.54, 1.807) is 0 Å². The van der Waals surface area contributed by atoms with Crippen LogP contribution in [0.25, 0.3) is 0 Å². The van der Waals surface area contributed by atoms with Gasteiger partial charge >= 0.3 is 0 Å². The van der Waals surface area contributed by atoms with Gasteiger partial charge in [0.2, 0.25) is 5.13 Å². The lowest BCUT2D eigenvalue weighted by molar-refractivity contribution is 0.0166. The van der Waals surface area contributed by atoms with E-state index in [1.165, 1.54) is 11.3 Å². The second kappa shape index (κ2) is 5.48. The molecule has 102 valence electrons. The molecule has 0 amide bonds. The molecule has 0 aromatic carbocycles. The van der Waals surface area contributed by atoms with Crippen LogP contribution >= 0.6 is 11.3 Å². The Kier molecular flexibility index (Phi) is 4.16. The Morgan fingerprint density at radius 2 is 1.83 bits per heavy atom. The summed E-state index contributed by atoms with van der Waals surface area (Å²) in [6.45, 7) is 9.21. The average Bonchev–Trinajstić information content (AvgIpc) is 2.65. The van der Waals surface area contributed by atoms with E-state index in [2.05, 4.69) is 20.0 Å². The number of piperazine rings is 1. The van der Waals surface area contributed by atoms with Crippen molar-refractivity contribution in [3.8, 4) is 0 Å². The Morgan fingerprint density at radius 1 is 1.22 bits per heavy atom. The summed E-state index contributed by atoms with van der Waals surface area (Å²) in [5, 5.41) is 19.2. The third-order valence-electron chi connectivity index (χ3n) is 2.92. The van der Waals surface area contributed by atoms with Crippen molar-refractivity contribution in [2.45, 2.75) is 26.0 Å². The minimum Gasteiger partial charge on any atom is -0.389 e. The monoisotopic (exact) mass is 271 g/mol. The molecule has 0 unspecified atom stereocenters. The Hall–Kier alpha value is -0.760. The number of hydrogen-bond acceptors (Lipinski definition) is 7. The molecular formula is C11H21N5OS. The zero-order chi connectivity index (χ0) is 13.2. The van der Waals surface area contributed by atoms with Gasteiger partial charge in [-0.2, -0.15) is 0 Å². The molecule has 2 heterocycles. The maximum atomic E-state index is 9.79. The lowest BCUT2D eigenvalue weighted by Crippen LogP contribution is -2.50. The summed E-state index contributed by atoms with van der Waals surface area (Å²) in [4.78, 5) is 4.64. The van der Waals surface area contributed by atoms with Crippen LogP contribution < -0.4 is 5.73 Å². The smallest absolute Gasteiger partial charge is 0.203 e. The molecule has 1 aliphatic heterocycles. The zero-order valence-corrected chi connectivity index (χ0v) is 11.8. The van der Waals surface area contributed by atoms with Crippen molar-refractivity contribution in [1.82, 2.24) is 20.0 Å². The summed E-state index contributed by atoms with van der Waals surface area (Å²) in [6.07, 6.45) is 0. The third-order valence-corrected chi connectivity index (χ3v) is 3.65. The highest BCUT2D eigenvalue weighted by Gasteiger charge is 2.23. The molecule has 0 radical (unpaired) electrons. The van der Waals surface area contributed by atoms with E-state index in [9.17, 15) is 5.11 Å². The van der Waals surface area contributed by atoms with Gasteiger partial charge in [-0.25, -0.2) is 0 Å². The van der Waals surface area contributed by atoms with Gasteiger partial charge in [0.25, 0.3) is 0 Å². The first-order chi connectivity index (χ1) is 8.42. The third kappa shape index (κ3) is 4.16. The fourth-order valence-electron chi connectivity index (χ4n) is 2.17. The molecule has 0 spiro atoms. The van der Waals surface area contributed by atoms with Crippen LogP contribution in [0.3, 0.4) is 0 Å². The van der Waals surface area contributed by atoms with Crippen LogP contribution in [0.4, 0.5) is 5.13 Å². The van der Waals surface area contributed by atoms with Crippen LogP contribution in [-0.2, 0) is 6.54 Å². The lowest BCUT2D eigenvalue weighted by atomic mass is 10.1. The molecule has 1 aliphatic rings. The number of nitrogens with zero attached hydrogens (tertiary/aromatic N) is 4. The van der Waals surface area contributed by atoms with E-state index in [4.69, 9.17) is 5.73 Å². The van der Waals surface area contributed by atoms with E-state index in [1.807, 2.05) is 13.8 Å². The van der Waals surface area contributed by atoms with Crippen molar-refractivity contribution < 1.29 is 5.11 Å². The molecule has 3 N–H and O–H groups in total. The van der Waals surface area contributed by atoms with Crippen LogP contribution in [0.2, 0.25) is 0 Å². The number of aliphatic hydroxyl groups is 1. The van der Waals surface area contributed by atoms with Crippen LogP contribution in [0.1, 0.15) is 18.9 Å². The normalized spacial score (nSPS) is 19.3. The molecule has 1 saturated heterocycles. The van der Waals surface area contributed by atoms with Crippen molar-refractivity contribution in [3.63, 3.8) is 0 Å². The minimum absolute atomic E-state index is 0.533. The van der Waals surface area contributed by atoms with Gasteiger partial charge < -0.3 is 10.8 Å². The average molecular weight is 271 g/mol. The van der Waals surface area contributed by atoms with Gasteiger partial charge in [-0.3, -0.25) is 9.80 Å². The van der Waals surface area contributed by atoms with Crippen LogP contribution in [0, 0.1) is 0 Å². The van der Waals surface area contributed by atoms with E-state index in [0.29, 0.717) is 5.13 Å². The van der Waals surface area contributed by atoms with E-state index >= 15 is 0 Å². The highest BCUT2D eigenvalue weighted by molar-refractivity contribution is 7.15. The molecule has 1 aromatic heterocycles. The Balaban J connectivity index is 1.77. The molecule has 2 rings (SSSR count). The van der Waals surface area contributed by atoms with Crippen molar-refractivity contribution in [1.29, 1.82) is 0 Å². The summed E-state index contributed by atoms with van der Waals surface area (Å²) < 4.78 is 0. The van der Waals surface area contributed by atoms with Crippen molar-refractivity contribution in [3.05, 3.63) is 5.01 Å². The summed E-state index contributed by atoms with van der Waals surface area (Å²) in [5.41, 5.74) is 4.95. The van der Waals surface area contributed by atoms with Gasteiger partial charge in [-0.15, -0.1) is 10.2 Å². The second-order valence-electron chi connectivity index (χ2n) is 5.40. The molecule has 6 nitrogen and oxygen atoms in total. The fraction of sp³-hybridized carbons (Fsp3) is 0.818. The predicted molar refractivity (Wildman–Crippen MR) is 72.3 cm³/mol. The highest BCUT2D eigenvalue weighted by Crippen LogP contribution is 2.15. The number of aromatic nitrogens is 2. The molecule has 0 bridgehead atoms. The van der Waals surface area contributed by atoms with E-state index in [0.717, 1.165) is 44.3 Å². The molecule has 0 aliphatic carbocycles. The van der Waals surface area contributed by atoms with E-state index in [-0.39, 0.29) is 0 Å². The van der Waals surface area contributed by atoms with Crippen molar-refractivity contribution in [2.75, 3.05) is 38.5 Å². The predicted octanol–water partition coefficient (Wildman–Crippen LogP) is 0.00880. The summed E-state index contributed by atoms with van der Waals surface area (Å²) in [6, 6.07) is 0. The van der Waals surface area contributed by atoms with Gasteiger partial charge in [0.1, 0.15) is 5.01 Å². The molecule has 18 heavy (non-hydrogen) atoms. The number of rotatable bonds is 4. The minimum atomic E-state index is -0.615. The molecule has 0 saturated carbocycles. The SMILES string of the molecule is CC(C)(O)CN1CCN(Cc2nnc(N)s2)CC1. The fourth-order valence-corrected chi connectivity index (χ4v) is 2.83. The first-order valence-corrected chi connectivity index (χ1v) is 6.99. The summed E-state index contributed by atoms with van der Waals surface area (Å²) >= 11 is 1.45. The lowest BCUT2D eigenvalue weighted by Gasteiger charge is -2.36. The topological polar surface area (TPSA) is 78.5 Å². The van der Waals surface area contributed by atoms with Crippen molar-refractivity contribution >= 4 is 16.5 Å². The maximum absolute atomic E-state index is 9.79. The molecule has 0 atom stereocenters. The van der Waals surface area contributed by atoms with E-state index < -0.39 is 5.60 Å². The molecule has 7 heteroatoms. The van der Waals surface area contributed by atoms with Crippen LogP contribution in [0.15, 0.2) is 0 Å². The first-order valence-electron chi connectivity index (χ1n) is 6.17. The number of anilines is 1. The quantitative estimate of drug-likeness (QED) is 0.803. The molecule has 1 aromatic rings. The van der Waals surface area contributed by atoms with Gasteiger partial charge in [0.05, 0.1) is 12.1 Å². The molecular weight excluding hydrogens is 250 g/mol. The second-order valence-corrected chi connectivity index (χ2v) is 6.49. The van der Waals surface area contributed by atoms with Crippen molar-refractivity contribution in [2.24, 2.45) is 0 Å². The number of β-amino-alcohol motifs (C(OH)–C–C–N with tert-alkyl or cyclic N) is 1. The molecule has 1 fully saturated rings. The maximum Gasteiger partial charge on any atom is 0.203 e. The first kappa shape index (κ1) is 13.7. The number of nitrogens with two attached hydrogens (primary N) is 1. The number of nitrogen functional groups attached to an aromatic ring is 1. The Morgan fingerprint density at radius 3 is 2.33 bits per heavy atom. The Labute approximate surface area is 111 Å². The van der Waals surface area contributed by atoms with Gasteiger partial charge in [0.15, 0.2) is 0 Å². The highest BCUT2D eigenvalue weighted by atomic mass is 32.1. The van der Waals surface area contributed by atoms with Crippen LogP contribution in [-0.4, -0.2) is 63.4 Å². The summed E-state index contributed by atoms with van der Waals surface area (Å²) in [5.74, 6) is 0. The largest absolute Gasteiger partial charge is 0.389 e. The summed E-state index contributed by atoms with van der Waals surface area (Å²) in [7, 11) is 0. The Bertz CT molecular complexity index is 381. The van der Waals surface area contributed by atoms with Gasteiger partial charge in [-0.05, 0) is 13.8 Å². The van der Waals surface area contributed by atoms with Crippen LogP contribution in [0.5, 0.6) is 0 Å². The number of hydrogen-bond donors (Lipinski definition) is 2. The van der Waals surface area contributed by atoms with Gasteiger partial charge in [-0.1, -0.05) is 11.3 Å². The standard InChI is InChI=1S/C11H21N5OS/c1-11(2,17)8-16-5-3-15(4-6-16)7-9-13-14-10(12)18-9/h17H,3-8H2,1-2H3,(H2,12,14).